The Labute approximate surface area is 94.2 Å². The van der Waals surface area contributed by atoms with E-state index in [1.807, 2.05) is 0 Å². The van der Waals surface area contributed by atoms with Crippen molar-refractivity contribution in [3.8, 4) is 0 Å². The quantitative estimate of drug-likeness (QED) is 0.709. The largest absolute Gasteiger partial charge is 0.512 e. The topological polar surface area (TPSA) is 88.1 Å². The van der Waals surface area contributed by atoms with Crippen LogP contribution in [0.4, 0.5) is 4.79 Å². The van der Waals surface area contributed by atoms with Gasteiger partial charge in [0.2, 0.25) is 0 Å². The molecule has 0 aliphatic carbocycles. The molecule has 0 amide bonds. The van der Waals surface area contributed by atoms with Gasteiger partial charge in [-0.15, -0.1) is 0 Å². The predicted octanol–water partition coefficient (Wildman–Crippen LogP) is 1.12. The van der Waals surface area contributed by atoms with Gasteiger partial charge < -0.3 is 14.9 Å². The second-order valence-corrected chi connectivity index (χ2v) is 5.47. The summed E-state index contributed by atoms with van der Waals surface area (Å²) in [6, 6.07) is 0. The average Bonchev–Trinajstić information content (AvgIpc) is 2.17. The third kappa shape index (κ3) is 4.49. The number of carboxylic acid groups (broad SMARTS) is 1. The van der Waals surface area contributed by atoms with E-state index in [0.29, 0.717) is 19.5 Å². The van der Waals surface area contributed by atoms with Gasteiger partial charge in [0.1, 0.15) is 0 Å². The molecule has 0 saturated carbocycles. The van der Waals surface area contributed by atoms with Crippen LogP contribution in [0.5, 0.6) is 0 Å². The van der Waals surface area contributed by atoms with Crippen molar-refractivity contribution in [3.63, 3.8) is 0 Å². The minimum absolute atomic E-state index is 0.100. The summed E-state index contributed by atoms with van der Waals surface area (Å²) in [5.74, 6) is 0. The molecular formula is C8H17N2O5P. The fourth-order valence-corrected chi connectivity index (χ4v) is 2.90. The van der Waals surface area contributed by atoms with Crippen LogP contribution in [0.15, 0.2) is 0 Å². The van der Waals surface area contributed by atoms with Gasteiger partial charge in [0.15, 0.2) is 0 Å². The van der Waals surface area contributed by atoms with Crippen molar-refractivity contribution in [2.45, 2.75) is 13.3 Å². The maximum Gasteiger partial charge on any atom is 0.512 e. The fourth-order valence-electron chi connectivity index (χ4n) is 1.40. The summed E-state index contributed by atoms with van der Waals surface area (Å²) in [5.41, 5.74) is 0. The van der Waals surface area contributed by atoms with Gasteiger partial charge in [-0.05, 0) is 6.42 Å². The third-order valence-corrected chi connectivity index (χ3v) is 3.94. The highest BCUT2D eigenvalue weighted by Crippen LogP contribution is 2.49. The van der Waals surface area contributed by atoms with Crippen LogP contribution in [0.2, 0.25) is 0 Å². The molecule has 0 bridgehead atoms. The molecule has 16 heavy (non-hydrogen) atoms. The van der Waals surface area contributed by atoms with Crippen LogP contribution < -0.4 is 5.32 Å². The van der Waals surface area contributed by atoms with Crippen molar-refractivity contribution in [3.05, 3.63) is 0 Å². The normalized spacial score (nSPS) is 21.3. The predicted molar refractivity (Wildman–Crippen MR) is 57.4 cm³/mol. The van der Waals surface area contributed by atoms with Crippen molar-refractivity contribution in [1.29, 1.82) is 0 Å². The van der Waals surface area contributed by atoms with E-state index < -0.39 is 13.8 Å². The van der Waals surface area contributed by atoms with Crippen molar-refractivity contribution in [2.75, 3.05) is 32.3 Å². The van der Waals surface area contributed by atoms with Crippen LogP contribution in [-0.2, 0) is 13.7 Å². The lowest BCUT2D eigenvalue weighted by atomic mass is 10.4. The molecule has 0 radical (unpaired) electrons. The summed E-state index contributed by atoms with van der Waals surface area (Å²) in [5, 5.41) is 13.1. The lowest BCUT2D eigenvalue weighted by molar-refractivity contribution is -0.0763. The minimum Gasteiger partial charge on any atom is -0.449 e. The third-order valence-electron chi connectivity index (χ3n) is 2.03. The van der Waals surface area contributed by atoms with E-state index >= 15 is 0 Å². The van der Waals surface area contributed by atoms with Gasteiger partial charge in [-0.25, -0.2) is 14.0 Å². The van der Waals surface area contributed by atoms with Gasteiger partial charge >= 0.3 is 13.8 Å². The van der Waals surface area contributed by atoms with Gasteiger partial charge in [0.25, 0.3) is 0 Å². The van der Waals surface area contributed by atoms with Crippen molar-refractivity contribution < 1.29 is 23.6 Å². The van der Waals surface area contributed by atoms with E-state index in [-0.39, 0.29) is 6.16 Å². The van der Waals surface area contributed by atoms with Gasteiger partial charge in [-0.3, -0.25) is 0 Å². The lowest BCUT2D eigenvalue weighted by Crippen LogP contribution is -2.43. The number of nitrogens with one attached hydrogen (secondary N) is 1. The molecule has 1 saturated heterocycles. The SMILES string of the molecule is CCCP(=O)(OC(=O)O)ON1CCNCC1. The summed E-state index contributed by atoms with van der Waals surface area (Å²) in [7, 11) is -3.55. The molecule has 0 spiro atoms. The second-order valence-electron chi connectivity index (χ2n) is 3.45. The molecule has 1 heterocycles. The van der Waals surface area contributed by atoms with E-state index in [4.69, 9.17) is 9.73 Å². The summed E-state index contributed by atoms with van der Waals surface area (Å²) in [6.45, 7) is 4.37. The number of hydrogen-bond donors (Lipinski definition) is 2. The van der Waals surface area contributed by atoms with Gasteiger partial charge in [-0.2, -0.15) is 5.06 Å². The zero-order chi connectivity index (χ0) is 12.0. The highest BCUT2D eigenvalue weighted by molar-refractivity contribution is 7.54. The van der Waals surface area contributed by atoms with E-state index in [1.54, 1.807) is 6.92 Å². The number of rotatable bonds is 5. The van der Waals surface area contributed by atoms with Gasteiger partial charge in [0.05, 0.1) is 6.16 Å². The summed E-state index contributed by atoms with van der Waals surface area (Å²) >= 11 is 0. The first-order chi connectivity index (χ1) is 7.56. The summed E-state index contributed by atoms with van der Waals surface area (Å²) in [4.78, 5) is 10.4. The lowest BCUT2D eigenvalue weighted by Gasteiger charge is -2.28. The average molecular weight is 252 g/mol. The molecule has 8 heteroatoms. The second kappa shape index (κ2) is 6.20. The van der Waals surface area contributed by atoms with Crippen LogP contribution >= 0.6 is 7.60 Å². The molecule has 0 aromatic heterocycles. The highest BCUT2D eigenvalue weighted by Gasteiger charge is 2.31. The zero-order valence-corrected chi connectivity index (χ0v) is 10.1. The Morgan fingerprint density at radius 1 is 1.50 bits per heavy atom. The van der Waals surface area contributed by atoms with Crippen LogP contribution in [0.25, 0.3) is 0 Å². The summed E-state index contributed by atoms with van der Waals surface area (Å²) < 4.78 is 21.5. The highest BCUT2D eigenvalue weighted by atomic mass is 31.2. The molecule has 2 N–H and O–H groups in total. The first kappa shape index (κ1) is 13.4. The molecule has 1 fully saturated rings. The Bertz CT molecular complexity index is 280. The van der Waals surface area contributed by atoms with E-state index in [2.05, 4.69) is 9.84 Å². The number of hydroxylamine groups is 2. The molecule has 1 atom stereocenters. The van der Waals surface area contributed by atoms with Crippen LogP contribution in [0.3, 0.4) is 0 Å². The minimum atomic E-state index is -3.55. The zero-order valence-electron chi connectivity index (χ0n) is 9.22. The van der Waals surface area contributed by atoms with Gasteiger partial charge in [-0.1, -0.05) is 6.92 Å². The van der Waals surface area contributed by atoms with Gasteiger partial charge in [0, 0.05) is 26.2 Å². The molecule has 1 aliphatic rings. The number of nitrogens with zero attached hydrogens (tertiary/aromatic N) is 1. The Kier molecular flexibility index (Phi) is 5.21. The Morgan fingerprint density at radius 3 is 2.62 bits per heavy atom. The Hall–Kier alpha value is -0.620. The standard InChI is InChI=1S/C8H17N2O5P/c1-2-7-16(13,14-8(11)12)15-10-5-3-9-4-6-10/h9H,2-7H2,1H3,(H,11,12). The Balaban J connectivity index is 2.54. The monoisotopic (exact) mass is 252 g/mol. The fraction of sp³-hybridized carbons (Fsp3) is 0.875. The molecule has 94 valence electrons. The van der Waals surface area contributed by atoms with Crippen LogP contribution in [0, 0.1) is 0 Å². The number of carbonyl (C=O) groups is 1. The molecule has 7 nitrogen and oxygen atoms in total. The number of piperazine rings is 1. The molecule has 1 rings (SSSR count). The first-order valence-electron chi connectivity index (χ1n) is 5.23. The molecule has 1 aliphatic heterocycles. The molecular weight excluding hydrogens is 235 g/mol. The Morgan fingerprint density at radius 2 is 2.12 bits per heavy atom. The van der Waals surface area contributed by atoms with Crippen molar-refractivity contribution in [1.82, 2.24) is 10.4 Å². The molecule has 1 unspecified atom stereocenters. The van der Waals surface area contributed by atoms with Crippen LogP contribution in [-0.4, -0.2) is 48.7 Å². The number of hydrogen-bond acceptors (Lipinski definition) is 6. The van der Waals surface area contributed by atoms with E-state index in [1.165, 1.54) is 5.06 Å². The first-order valence-corrected chi connectivity index (χ1v) is 6.95. The van der Waals surface area contributed by atoms with E-state index in [9.17, 15) is 9.36 Å². The maximum atomic E-state index is 12.0. The molecule has 0 aromatic carbocycles. The smallest absolute Gasteiger partial charge is 0.449 e. The molecule has 0 aromatic rings. The van der Waals surface area contributed by atoms with Crippen molar-refractivity contribution in [2.24, 2.45) is 0 Å². The van der Waals surface area contributed by atoms with Crippen LogP contribution in [0.1, 0.15) is 13.3 Å². The maximum absolute atomic E-state index is 12.0. The van der Waals surface area contributed by atoms with Crippen molar-refractivity contribution >= 4 is 13.8 Å². The van der Waals surface area contributed by atoms with E-state index in [0.717, 1.165) is 13.1 Å². The summed E-state index contributed by atoms with van der Waals surface area (Å²) in [6.07, 6.45) is -0.924.